The number of carbonyl (C=O) groups is 1. The number of esters is 1. The molecule has 0 radical (unpaired) electrons. The first-order chi connectivity index (χ1) is 6.13. The number of ether oxygens (including phenoxy) is 1. The van der Waals surface area contributed by atoms with Crippen molar-refractivity contribution in [1.29, 1.82) is 0 Å². The number of hydrogen-bond donors (Lipinski definition) is 2. The highest BCUT2D eigenvalue weighted by atomic mass is 16.5. The third-order valence-electron chi connectivity index (χ3n) is 1.55. The van der Waals surface area contributed by atoms with Crippen molar-refractivity contribution in [3.8, 4) is 0 Å². The second-order valence-electron chi connectivity index (χ2n) is 2.68. The number of rotatable bonds is 5. The van der Waals surface area contributed by atoms with E-state index in [0.29, 0.717) is 6.42 Å². The Hall–Kier alpha value is -1.03. The Balaban J connectivity index is 4.13. The maximum absolute atomic E-state index is 11.1. The van der Waals surface area contributed by atoms with Crippen molar-refractivity contribution >= 4 is 5.97 Å². The van der Waals surface area contributed by atoms with Gasteiger partial charge in [0.05, 0.1) is 12.2 Å². The SMILES string of the molecule is CCCC(O)=C(C)C(=O)OCCO. The lowest BCUT2D eigenvalue weighted by atomic mass is 10.2. The molecule has 0 aromatic rings. The number of hydrogen-bond acceptors (Lipinski definition) is 4. The zero-order chi connectivity index (χ0) is 10.3. The molecule has 0 aliphatic carbocycles. The van der Waals surface area contributed by atoms with Gasteiger partial charge in [-0.25, -0.2) is 4.79 Å². The molecule has 0 unspecified atom stereocenters. The van der Waals surface area contributed by atoms with Gasteiger partial charge in [-0.1, -0.05) is 6.92 Å². The van der Waals surface area contributed by atoms with Crippen LogP contribution in [0, 0.1) is 0 Å². The van der Waals surface area contributed by atoms with E-state index >= 15 is 0 Å². The highest BCUT2D eigenvalue weighted by molar-refractivity contribution is 5.88. The standard InChI is InChI=1S/C9H16O4/c1-3-4-8(11)7(2)9(12)13-6-5-10/h10-11H,3-6H2,1-2H3. The van der Waals surface area contributed by atoms with Crippen LogP contribution in [0.15, 0.2) is 11.3 Å². The first-order valence-electron chi connectivity index (χ1n) is 4.30. The van der Waals surface area contributed by atoms with E-state index in [4.69, 9.17) is 5.11 Å². The Morgan fingerprint density at radius 2 is 2.08 bits per heavy atom. The summed E-state index contributed by atoms with van der Waals surface area (Å²) in [5.74, 6) is -0.509. The molecule has 0 atom stereocenters. The van der Waals surface area contributed by atoms with Crippen molar-refractivity contribution in [2.75, 3.05) is 13.2 Å². The summed E-state index contributed by atoms with van der Waals surface area (Å²) in [4.78, 5) is 11.1. The minimum absolute atomic E-state index is 0.0322. The van der Waals surface area contributed by atoms with Crippen molar-refractivity contribution in [3.05, 3.63) is 11.3 Å². The van der Waals surface area contributed by atoms with E-state index in [-0.39, 0.29) is 24.5 Å². The molecule has 13 heavy (non-hydrogen) atoms. The Bertz CT molecular complexity index is 196. The summed E-state index contributed by atoms with van der Waals surface area (Å²) in [7, 11) is 0. The smallest absolute Gasteiger partial charge is 0.337 e. The van der Waals surface area contributed by atoms with Gasteiger partial charge in [0, 0.05) is 6.42 Å². The van der Waals surface area contributed by atoms with Crippen LogP contribution in [-0.4, -0.2) is 29.4 Å². The van der Waals surface area contributed by atoms with Crippen LogP contribution in [0.2, 0.25) is 0 Å². The van der Waals surface area contributed by atoms with Crippen LogP contribution in [0.3, 0.4) is 0 Å². The number of carbonyl (C=O) groups excluding carboxylic acids is 1. The van der Waals surface area contributed by atoms with E-state index in [0.717, 1.165) is 6.42 Å². The van der Waals surface area contributed by atoms with Gasteiger partial charge in [-0.2, -0.15) is 0 Å². The van der Waals surface area contributed by atoms with E-state index < -0.39 is 5.97 Å². The van der Waals surface area contributed by atoms with E-state index in [1.165, 1.54) is 6.92 Å². The van der Waals surface area contributed by atoms with E-state index in [9.17, 15) is 9.90 Å². The molecule has 0 fully saturated rings. The van der Waals surface area contributed by atoms with Gasteiger partial charge < -0.3 is 14.9 Å². The predicted molar refractivity (Wildman–Crippen MR) is 48.3 cm³/mol. The molecule has 76 valence electrons. The Morgan fingerprint density at radius 3 is 2.54 bits per heavy atom. The van der Waals surface area contributed by atoms with Crippen LogP contribution in [0.4, 0.5) is 0 Å². The summed E-state index contributed by atoms with van der Waals surface area (Å²) in [6.07, 6.45) is 1.25. The van der Waals surface area contributed by atoms with Gasteiger partial charge in [0.25, 0.3) is 0 Å². The number of allylic oxidation sites excluding steroid dienone is 1. The minimum Gasteiger partial charge on any atom is -0.512 e. The molecule has 0 amide bonds. The van der Waals surface area contributed by atoms with Gasteiger partial charge in [-0.05, 0) is 13.3 Å². The molecule has 0 spiro atoms. The molecular weight excluding hydrogens is 172 g/mol. The normalized spacial score (nSPS) is 12.2. The summed E-state index contributed by atoms with van der Waals surface area (Å²) in [6, 6.07) is 0. The molecule has 0 aliphatic rings. The van der Waals surface area contributed by atoms with Crippen molar-refractivity contribution in [3.63, 3.8) is 0 Å². The van der Waals surface area contributed by atoms with Gasteiger partial charge >= 0.3 is 5.97 Å². The fraction of sp³-hybridized carbons (Fsp3) is 0.667. The summed E-state index contributed by atoms with van der Waals surface area (Å²) in [6.45, 7) is 3.18. The molecule has 0 rings (SSSR count). The Labute approximate surface area is 77.8 Å². The molecule has 0 saturated carbocycles. The van der Waals surface area contributed by atoms with Crippen LogP contribution in [0.5, 0.6) is 0 Å². The van der Waals surface area contributed by atoms with Gasteiger partial charge in [0.1, 0.15) is 12.4 Å². The second kappa shape index (κ2) is 6.48. The predicted octanol–water partition coefficient (Wildman–Crippen LogP) is 1.15. The van der Waals surface area contributed by atoms with Crippen molar-refractivity contribution in [2.24, 2.45) is 0 Å². The summed E-state index contributed by atoms with van der Waals surface area (Å²) >= 11 is 0. The largest absolute Gasteiger partial charge is 0.512 e. The third kappa shape index (κ3) is 4.52. The monoisotopic (exact) mass is 188 g/mol. The molecule has 0 heterocycles. The van der Waals surface area contributed by atoms with Crippen LogP contribution < -0.4 is 0 Å². The summed E-state index contributed by atoms with van der Waals surface area (Å²) in [5, 5.41) is 17.7. The summed E-state index contributed by atoms with van der Waals surface area (Å²) < 4.78 is 4.61. The molecule has 0 bridgehead atoms. The van der Waals surface area contributed by atoms with Gasteiger partial charge in [0.2, 0.25) is 0 Å². The van der Waals surface area contributed by atoms with E-state index in [2.05, 4.69) is 4.74 Å². The maximum atomic E-state index is 11.1. The second-order valence-corrected chi connectivity index (χ2v) is 2.68. The lowest BCUT2D eigenvalue weighted by molar-refractivity contribution is -0.140. The highest BCUT2D eigenvalue weighted by Crippen LogP contribution is 2.08. The third-order valence-corrected chi connectivity index (χ3v) is 1.55. The average Bonchev–Trinajstić information content (AvgIpc) is 2.13. The quantitative estimate of drug-likeness (QED) is 0.386. The van der Waals surface area contributed by atoms with Crippen LogP contribution in [0.1, 0.15) is 26.7 Å². The Morgan fingerprint density at radius 1 is 1.46 bits per heavy atom. The van der Waals surface area contributed by atoms with Crippen molar-refractivity contribution < 1.29 is 19.7 Å². The fourth-order valence-corrected chi connectivity index (χ4v) is 0.789. The highest BCUT2D eigenvalue weighted by Gasteiger charge is 2.10. The van der Waals surface area contributed by atoms with Crippen LogP contribution in [0.25, 0.3) is 0 Å². The maximum Gasteiger partial charge on any atom is 0.337 e. The fourth-order valence-electron chi connectivity index (χ4n) is 0.789. The van der Waals surface area contributed by atoms with E-state index in [1.54, 1.807) is 0 Å². The Kier molecular flexibility index (Phi) is 5.97. The van der Waals surface area contributed by atoms with Crippen molar-refractivity contribution in [1.82, 2.24) is 0 Å². The molecule has 0 aromatic carbocycles. The van der Waals surface area contributed by atoms with Gasteiger partial charge in [-0.3, -0.25) is 0 Å². The zero-order valence-electron chi connectivity index (χ0n) is 8.04. The molecule has 0 saturated heterocycles. The molecule has 0 aliphatic heterocycles. The average molecular weight is 188 g/mol. The van der Waals surface area contributed by atoms with E-state index in [1.807, 2.05) is 6.92 Å². The van der Waals surface area contributed by atoms with Crippen LogP contribution >= 0.6 is 0 Å². The van der Waals surface area contributed by atoms with Gasteiger partial charge in [-0.15, -0.1) is 0 Å². The molecule has 4 nitrogen and oxygen atoms in total. The first-order valence-corrected chi connectivity index (χ1v) is 4.30. The zero-order valence-corrected chi connectivity index (χ0v) is 8.04. The van der Waals surface area contributed by atoms with Crippen molar-refractivity contribution in [2.45, 2.75) is 26.7 Å². The lowest BCUT2D eigenvalue weighted by Gasteiger charge is -2.05. The molecular formula is C9H16O4. The molecule has 2 N–H and O–H groups in total. The molecule has 4 heteroatoms. The number of aliphatic hydroxyl groups excluding tert-OH is 2. The molecule has 0 aromatic heterocycles. The minimum atomic E-state index is -0.569. The summed E-state index contributed by atoms with van der Waals surface area (Å²) in [5.41, 5.74) is 0.218. The van der Waals surface area contributed by atoms with Crippen LogP contribution in [-0.2, 0) is 9.53 Å². The van der Waals surface area contributed by atoms with Gasteiger partial charge in [0.15, 0.2) is 0 Å². The first kappa shape index (κ1) is 12.0. The number of aliphatic hydroxyl groups is 2. The lowest BCUT2D eigenvalue weighted by Crippen LogP contribution is -2.11. The topological polar surface area (TPSA) is 66.8 Å².